The fourth-order valence-electron chi connectivity index (χ4n) is 5.18. The van der Waals surface area contributed by atoms with Gasteiger partial charge in [0.1, 0.15) is 0 Å². The van der Waals surface area contributed by atoms with E-state index in [9.17, 15) is 18.0 Å². The van der Waals surface area contributed by atoms with Gasteiger partial charge in [-0.15, -0.1) is 12.4 Å². The van der Waals surface area contributed by atoms with Gasteiger partial charge in [-0.1, -0.05) is 11.8 Å². The molecule has 0 aromatic heterocycles. The van der Waals surface area contributed by atoms with Crippen molar-refractivity contribution in [3.05, 3.63) is 35.9 Å². The van der Waals surface area contributed by atoms with Crippen molar-refractivity contribution in [3.63, 3.8) is 0 Å². The van der Waals surface area contributed by atoms with Gasteiger partial charge in [-0.25, -0.2) is 0 Å². The molecule has 12 heteroatoms. The molecular formula is C25H32ClF3N6OS. The van der Waals surface area contributed by atoms with Gasteiger partial charge in [0.15, 0.2) is 0 Å². The molecule has 3 aliphatic rings. The number of amides is 1. The van der Waals surface area contributed by atoms with Gasteiger partial charge < -0.3 is 31.9 Å². The van der Waals surface area contributed by atoms with E-state index in [-0.39, 0.29) is 30.3 Å². The lowest BCUT2D eigenvalue weighted by Crippen LogP contribution is -2.41. The highest BCUT2D eigenvalue weighted by molar-refractivity contribution is 7.99. The minimum atomic E-state index is -4.45. The Labute approximate surface area is 224 Å². The number of benzene rings is 2. The van der Waals surface area contributed by atoms with Crippen molar-refractivity contribution in [1.82, 2.24) is 4.90 Å². The average Bonchev–Trinajstić information content (AvgIpc) is 3.34. The number of carbonyl (C=O) groups is 1. The molecule has 3 aliphatic heterocycles. The van der Waals surface area contributed by atoms with Crippen molar-refractivity contribution >= 4 is 52.8 Å². The molecule has 0 spiro atoms. The van der Waals surface area contributed by atoms with Gasteiger partial charge in [-0.05, 0) is 49.6 Å². The van der Waals surface area contributed by atoms with Crippen LogP contribution in [0.2, 0.25) is 0 Å². The predicted molar refractivity (Wildman–Crippen MR) is 144 cm³/mol. The summed E-state index contributed by atoms with van der Waals surface area (Å²) in [6, 6.07) is 8.43. The van der Waals surface area contributed by atoms with Crippen LogP contribution in [0.15, 0.2) is 40.1 Å². The predicted octanol–water partition coefficient (Wildman–Crippen LogP) is 4.48. The fraction of sp³-hybridized carbons (Fsp3) is 0.480. The van der Waals surface area contributed by atoms with E-state index in [1.807, 2.05) is 18.2 Å². The van der Waals surface area contributed by atoms with E-state index in [1.165, 1.54) is 23.9 Å². The number of piperidine rings is 1. The molecule has 0 bridgehead atoms. The van der Waals surface area contributed by atoms with Gasteiger partial charge in [0.05, 0.1) is 28.5 Å². The van der Waals surface area contributed by atoms with E-state index in [0.29, 0.717) is 35.8 Å². The second-order valence-corrected chi connectivity index (χ2v) is 10.8. The fourth-order valence-corrected chi connectivity index (χ4v) is 6.28. The molecule has 202 valence electrons. The van der Waals surface area contributed by atoms with Gasteiger partial charge in [-0.3, -0.25) is 4.79 Å². The number of nitrogens with zero attached hydrogens (tertiary/aromatic N) is 2. The van der Waals surface area contributed by atoms with Crippen molar-refractivity contribution in [2.45, 2.75) is 41.3 Å². The number of likely N-dealkylation sites (tertiary alicyclic amines) is 1. The largest absolute Gasteiger partial charge is 0.416 e. The molecule has 3 heterocycles. The summed E-state index contributed by atoms with van der Waals surface area (Å²) in [6.45, 7) is 4.46. The summed E-state index contributed by atoms with van der Waals surface area (Å²) in [5.74, 6) is -0.483. The molecule has 2 aromatic carbocycles. The maximum absolute atomic E-state index is 13.8. The highest BCUT2D eigenvalue weighted by Gasteiger charge is 2.34. The first-order valence-corrected chi connectivity index (χ1v) is 13.1. The first kappa shape index (κ1) is 27.7. The lowest BCUT2D eigenvalue weighted by Gasteiger charge is -2.34. The van der Waals surface area contributed by atoms with Crippen LogP contribution < -0.4 is 27.0 Å². The first-order chi connectivity index (χ1) is 17.2. The molecule has 5 rings (SSSR count). The van der Waals surface area contributed by atoms with Gasteiger partial charge in [-0.2, -0.15) is 13.2 Å². The standard InChI is InChI=1S/C25H31F3N6OS.ClH/c26-25(27,28)16-11-20(31-17-4-7-33(8-5-17)10-6-29)23-22(12-16)36-21-13-18(1-2-19(21)32-23)34-9-3-15(14-34)24(30)35;/h1-2,11-13,15,17,31-32H,3-10,14,29H2,(H2,30,35);1H. The highest BCUT2D eigenvalue weighted by atomic mass is 35.5. The second-order valence-electron chi connectivity index (χ2n) is 9.69. The van der Waals surface area contributed by atoms with Crippen molar-refractivity contribution in [1.29, 1.82) is 0 Å². The van der Waals surface area contributed by atoms with Gasteiger partial charge in [0.2, 0.25) is 5.91 Å². The van der Waals surface area contributed by atoms with Crippen molar-refractivity contribution in [3.8, 4) is 0 Å². The number of nitrogens with one attached hydrogen (secondary N) is 2. The van der Waals surface area contributed by atoms with E-state index < -0.39 is 11.7 Å². The lowest BCUT2D eigenvalue weighted by atomic mass is 10.0. The zero-order chi connectivity index (χ0) is 25.4. The third-order valence-corrected chi connectivity index (χ3v) is 8.32. The van der Waals surface area contributed by atoms with Crippen molar-refractivity contribution < 1.29 is 18.0 Å². The Morgan fingerprint density at radius 1 is 1.11 bits per heavy atom. The third-order valence-electron chi connectivity index (χ3n) is 7.22. The molecule has 1 unspecified atom stereocenters. The topological polar surface area (TPSA) is 99.7 Å². The first-order valence-electron chi connectivity index (χ1n) is 12.3. The van der Waals surface area contributed by atoms with Crippen LogP contribution in [0.4, 0.5) is 35.9 Å². The average molecular weight is 557 g/mol. The maximum atomic E-state index is 13.8. The summed E-state index contributed by atoms with van der Waals surface area (Å²) < 4.78 is 41.4. The zero-order valence-corrected chi connectivity index (χ0v) is 21.9. The summed E-state index contributed by atoms with van der Waals surface area (Å²) in [4.78, 5) is 17.3. The molecule has 0 aliphatic carbocycles. The van der Waals surface area contributed by atoms with E-state index >= 15 is 0 Å². The van der Waals surface area contributed by atoms with Gasteiger partial charge in [0, 0.05) is 60.8 Å². The molecule has 7 nitrogen and oxygen atoms in total. The number of anilines is 4. The molecule has 0 saturated carbocycles. The monoisotopic (exact) mass is 556 g/mol. The Balaban J connectivity index is 0.00000320. The molecule has 6 N–H and O–H groups in total. The number of hydrogen-bond acceptors (Lipinski definition) is 7. The number of halogens is 4. The number of primary amides is 1. The Morgan fingerprint density at radius 3 is 2.51 bits per heavy atom. The van der Waals surface area contributed by atoms with Crippen LogP contribution >= 0.6 is 24.2 Å². The summed E-state index contributed by atoms with van der Waals surface area (Å²) in [6.07, 6.45) is -2.05. The van der Waals surface area contributed by atoms with Crippen LogP contribution in [0, 0.1) is 5.92 Å². The minimum absolute atomic E-state index is 0. The number of carbonyl (C=O) groups excluding carboxylic acids is 1. The summed E-state index contributed by atoms with van der Waals surface area (Å²) in [5, 5.41) is 6.78. The van der Waals surface area contributed by atoms with Gasteiger partial charge >= 0.3 is 6.18 Å². The smallest absolute Gasteiger partial charge is 0.380 e. The number of hydrogen-bond donors (Lipinski definition) is 4. The van der Waals surface area contributed by atoms with Crippen LogP contribution in [-0.2, 0) is 11.0 Å². The quantitative estimate of drug-likeness (QED) is 0.355. The van der Waals surface area contributed by atoms with Crippen molar-refractivity contribution in [2.24, 2.45) is 17.4 Å². The number of alkyl halides is 3. The summed E-state index contributed by atoms with van der Waals surface area (Å²) in [7, 11) is 0. The van der Waals surface area contributed by atoms with Crippen LogP contribution in [0.3, 0.4) is 0 Å². The Morgan fingerprint density at radius 2 is 1.86 bits per heavy atom. The SMILES string of the molecule is Cl.NCCN1CCC(Nc2cc(C(F)(F)F)cc3c2Nc2ccc(N4CCC(C(N)=O)C4)cc2S3)CC1. The molecule has 37 heavy (non-hydrogen) atoms. The van der Waals surface area contributed by atoms with E-state index in [2.05, 4.69) is 20.4 Å². The number of rotatable bonds is 6. The Hall–Kier alpha value is -2.34. The minimum Gasteiger partial charge on any atom is -0.380 e. The van der Waals surface area contributed by atoms with E-state index in [0.717, 1.165) is 55.3 Å². The maximum Gasteiger partial charge on any atom is 0.416 e. The summed E-state index contributed by atoms with van der Waals surface area (Å²) in [5.41, 5.74) is 13.4. The molecular weight excluding hydrogens is 525 g/mol. The van der Waals surface area contributed by atoms with Crippen LogP contribution in [0.5, 0.6) is 0 Å². The number of fused-ring (bicyclic) bond motifs is 2. The number of nitrogens with two attached hydrogens (primary N) is 2. The van der Waals surface area contributed by atoms with Gasteiger partial charge in [0.25, 0.3) is 0 Å². The highest BCUT2D eigenvalue weighted by Crippen LogP contribution is 2.50. The molecule has 1 amide bonds. The Bertz CT molecular complexity index is 1140. The summed E-state index contributed by atoms with van der Waals surface area (Å²) >= 11 is 1.33. The van der Waals surface area contributed by atoms with E-state index in [1.54, 1.807) is 0 Å². The van der Waals surface area contributed by atoms with Crippen molar-refractivity contribution in [2.75, 3.05) is 54.8 Å². The third kappa shape index (κ3) is 6.05. The van der Waals surface area contributed by atoms with Crippen LogP contribution in [0.1, 0.15) is 24.8 Å². The zero-order valence-electron chi connectivity index (χ0n) is 20.3. The van der Waals surface area contributed by atoms with Crippen LogP contribution in [-0.4, -0.2) is 56.1 Å². The second kappa shape index (κ2) is 11.2. The normalized spacial score (nSPS) is 20.0. The lowest BCUT2D eigenvalue weighted by molar-refractivity contribution is -0.137. The van der Waals surface area contributed by atoms with E-state index in [4.69, 9.17) is 11.5 Å². The van der Waals surface area contributed by atoms with Crippen LogP contribution in [0.25, 0.3) is 0 Å². The molecule has 0 radical (unpaired) electrons. The Kier molecular flexibility index (Phi) is 8.37. The molecule has 2 fully saturated rings. The molecule has 1 atom stereocenters. The molecule has 2 aromatic rings. The molecule has 2 saturated heterocycles.